The van der Waals surface area contributed by atoms with Crippen LogP contribution in [-0.4, -0.2) is 7.11 Å². The highest BCUT2D eigenvalue weighted by Gasteiger charge is 1.99. The van der Waals surface area contributed by atoms with Gasteiger partial charge in [-0.3, -0.25) is 0 Å². The zero-order chi connectivity index (χ0) is 7.40. The summed E-state index contributed by atoms with van der Waals surface area (Å²) in [6, 6.07) is 8.52. The van der Waals surface area contributed by atoms with Crippen LogP contribution in [0, 0.1) is 0 Å². The minimum atomic E-state index is 0.208. The van der Waals surface area contributed by atoms with E-state index in [4.69, 9.17) is 0 Å². The van der Waals surface area contributed by atoms with E-state index in [0.29, 0.717) is 5.69 Å². The Bertz CT molecular complexity index is 190. The Hall–Kier alpha value is -1.09. The number of rotatable bonds is 2. The average molecular weight is 141 g/mol. The lowest BCUT2D eigenvalue weighted by Crippen LogP contribution is -2.08. The van der Waals surface area contributed by atoms with Crippen LogP contribution < -0.4 is 5.29 Å². The van der Waals surface area contributed by atoms with Crippen molar-refractivity contribution in [1.29, 1.82) is 0 Å². The van der Waals surface area contributed by atoms with Crippen molar-refractivity contribution in [3.8, 4) is 0 Å². The third-order valence-electron chi connectivity index (χ3n) is 1.12. The quantitative estimate of drug-likeness (QED) is 0.461. The molecule has 0 saturated carbocycles. The van der Waals surface area contributed by atoms with Crippen molar-refractivity contribution in [2.24, 2.45) is 0 Å². The summed E-state index contributed by atoms with van der Waals surface area (Å²) in [4.78, 5) is 4.30. The summed E-state index contributed by atoms with van der Waals surface area (Å²) < 4.78 is 12.5. The largest absolute Gasteiger partial charge is 0.248 e. The third kappa shape index (κ3) is 1.45. The maximum atomic E-state index is 12.5. The van der Waals surface area contributed by atoms with Gasteiger partial charge in [-0.2, -0.15) is 0 Å². The standard InChI is InChI=1S/C7H8FNO/c1-10-9(8)7-5-3-2-4-6-7/h2-6H,1H3. The number of anilines is 1. The summed E-state index contributed by atoms with van der Waals surface area (Å²) in [5.74, 6) is 0. The summed E-state index contributed by atoms with van der Waals surface area (Å²) in [6.07, 6.45) is 0. The molecular formula is C7H8FNO. The molecule has 1 rings (SSSR count). The van der Waals surface area contributed by atoms with Gasteiger partial charge < -0.3 is 0 Å². The predicted molar refractivity (Wildman–Crippen MR) is 37.0 cm³/mol. The second-order valence-electron chi connectivity index (χ2n) is 1.76. The molecule has 0 unspecified atom stereocenters. The molecule has 0 aliphatic heterocycles. The van der Waals surface area contributed by atoms with Crippen LogP contribution in [0.5, 0.6) is 0 Å². The third-order valence-corrected chi connectivity index (χ3v) is 1.12. The number of hydrogen-bond acceptors (Lipinski definition) is 2. The van der Waals surface area contributed by atoms with Crippen molar-refractivity contribution in [3.05, 3.63) is 30.3 Å². The number of para-hydroxylation sites is 1. The molecule has 0 bridgehead atoms. The van der Waals surface area contributed by atoms with Gasteiger partial charge in [-0.25, -0.2) is 4.84 Å². The Labute approximate surface area is 58.7 Å². The highest BCUT2D eigenvalue weighted by molar-refractivity contribution is 5.40. The Morgan fingerprint density at radius 3 is 2.40 bits per heavy atom. The zero-order valence-corrected chi connectivity index (χ0v) is 5.62. The molecule has 0 atom stereocenters. The van der Waals surface area contributed by atoms with E-state index in [2.05, 4.69) is 4.84 Å². The summed E-state index contributed by atoms with van der Waals surface area (Å²) in [5.41, 5.74) is 0.394. The fourth-order valence-corrected chi connectivity index (χ4v) is 0.651. The molecule has 0 saturated heterocycles. The highest BCUT2D eigenvalue weighted by Crippen LogP contribution is 2.12. The molecule has 0 spiro atoms. The van der Waals surface area contributed by atoms with Gasteiger partial charge in [0, 0.05) is 0 Å². The van der Waals surface area contributed by atoms with Crippen LogP contribution in [0.25, 0.3) is 0 Å². The van der Waals surface area contributed by atoms with E-state index >= 15 is 0 Å². The first-order valence-electron chi connectivity index (χ1n) is 2.89. The molecular weight excluding hydrogens is 133 g/mol. The first kappa shape index (κ1) is 7.02. The predicted octanol–water partition coefficient (Wildman–Crippen LogP) is 1.94. The molecule has 1 aromatic carbocycles. The second-order valence-corrected chi connectivity index (χ2v) is 1.76. The molecule has 0 aromatic heterocycles. The normalized spacial score (nSPS) is 9.40. The lowest BCUT2D eigenvalue weighted by Gasteiger charge is -2.07. The van der Waals surface area contributed by atoms with Crippen molar-refractivity contribution in [2.45, 2.75) is 0 Å². The van der Waals surface area contributed by atoms with Gasteiger partial charge in [0.05, 0.1) is 12.8 Å². The van der Waals surface area contributed by atoms with Gasteiger partial charge in [0.2, 0.25) is 0 Å². The van der Waals surface area contributed by atoms with Gasteiger partial charge in [-0.1, -0.05) is 28.0 Å². The number of benzene rings is 1. The van der Waals surface area contributed by atoms with Crippen LogP contribution in [0.2, 0.25) is 0 Å². The number of hydrogen-bond donors (Lipinski definition) is 0. The highest BCUT2D eigenvalue weighted by atomic mass is 19.2. The average Bonchev–Trinajstić information content (AvgIpc) is 2.05. The number of nitrogens with zero attached hydrogens (tertiary/aromatic N) is 1. The van der Waals surface area contributed by atoms with Gasteiger partial charge in [0.15, 0.2) is 0 Å². The molecule has 0 amide bonds. The Balaban J connectivity index is 2.75. The van der Waals surface area contributed by atoms with E-state index in [9.17, 15) is 4.48 Å². The van der Waals surface area contributed by atoms with Crippen LogP contribution in [0.3, 0.4) is 0 Å². The van der Waals surface area contributed by atoms with Crippen molar-refractivity contribution in [2.75, 3.05) is 12.4 Å². The molecule has 10 heavy (non-hydrogen) atoms. The first-order valence-corrected chi connectivity index (χ1v) is 2.89. The lowest BCUT2D eigenvalue weighted by atomic mass is 10.3. The van der Waals surface area contributed by atoms with E-state index in [1.165, 1.54) is 7.11 Å². The fraction of sp³-hybridized carbons (Fsp3) is 0.143. The van der Waals surface area contributed by atoms with E-state index in [1.54, 1.807) is 24.3 Å². The van der Waals surface area contributed by atoms with Crippen molar-refractivity contribution in [3.63, 3.8) is 0 Å². The summed E-state index contributed by atoms with van der Waals surface area (Å²) in [7, 11) is 1.27. The van der Waals surface area contributed by atoms with Gasteiger partial charge >= 0.3 is 0 Å². The molecule has 0 aliphatic rings. The monoisotopic (exact) mass is 141 g/mol. The van der Waals surface area contributed by atoms with E-state index < -0.39 is 0 Å². The van der Waals surface area contributed by atoms with Crippen LogP contribution in [0.4, 0.5) is 10.2 Å². The maximum Gasteiger partial charge on any atom is 0.0999 e. The Kier molecular flexibility index (Phi) is 2.23. The summed E-state index contributed by atoms with van der Waals surface area (Å²) in [6.45, 7) is 0. The van der Waals surface area contributed by atoms with Gasteiger partial charge in [0.25, 0.3) is 0 Å². The summed E-state index contributed by atoms with van der Waals surface area (Å²) in [5, 5.41) is 0.208. The Morgan fingerprint density at radius 2 is 1.90 bits per heavy atom. The minimum Gasteiger partial charge on any atom is -0.248 e. The van der Waals surface area contributed by atoms with Crippen LogP contribution in [-0.2, 0) is 4.84 Å². The fourth-order valence-electron chi connectivity index (χ4n) is 0.651. The van der Waals surface area contributed by atoms with Gasteiger partial charge in [-0.15, -0.1) is 0 Å². The van der Waals surface area contributed by atoms with Gasteiger partial charge in [-0.05, 0) is 12.1 Å². The maximum absolute atomic E-state index is 12.5. The van der Waals surface area contributed by atoms with Crippen molar-refractivity contribution in [1.82, 2.24) is 0 Å². The molecule has 0 heterocycles. The molecule has 0 fully saturated rings. The molecule has 2 nitrogen and oxygen atoms in total. The zero-order valence-electron chi connectivity index (χ0n) is 5.62. The Morgan fingerprint density at radius 1 is 1.30 bits per heavy atom. The number of halogens is 1. The smallest absolute Gasteiger partial charge is 0.0999 e. The van der Waals surface area contributed by atoms with Gasteiger partial charge in [0.1, 0.15) is 0 Å². The first-order chi connectivity index (χ1) is 4.84. The van der Waals surface area contributed by atoms with Crippen LogP contribution >= 0.6 is 0 Å². The molecule has 54 valence electrons. The second kappa shape index (κ2) is 3.17. The molecule has 3 heteroatoms. The van der Waals surface area contributed by atoms with E-state index in [-0.39, 0.29) is 5.29 Å². The van der Waals surface area contributed by atoms with Crippen LogP contribution in [0.1, 0.15) is 0 Å². The van der Waals surface area contributed by atoms with Crippen LogP contribution in [0.15, 0.2) is 30.3 Å². The molecule has 0 N–H and O–H groups in total. The van der Waals surface area contributed by atoms with E-state index in [1.807, 2.05) is 6.07 Å². The minimum absolute atomic E-state index is 0.208. The van der Waals surface area contributed by atoms with E-state index in [0.717, 1.165) is 0 Å². The molecule has 0 radical (unpaired) electrons. The van der Waals surface area contributed by atoms with Crippen molar-refractivity contribution < 1.29 is 9.32 Å². The lowest BCUT2D eigenvalue weighted by molar-refractivity contribution is 0.0597. The molecule has 0 aliphatic carbocycles. The topological polar surface area (TPSA) is 12.5 Å². The SMILES string of the molecule is CON(F)c1ccccc1. The van der Waals surface area contributed by atoms with Crippen molar-refractivity contribution >= 4 is 5.69 Å². The molecule has 1 aromatic rings. The summed E-state index contributed by atoms with van der Waals surface area (Å²) >= 11 is 0.